The molecule has 2 heterocycles. The third-order valence-corrected chi connectivity index (χ3v) is 4.11. The third-order valence-electron chi connectivity index (χ3n) is 3.43. The molecule has 98 valence electrons. The number of nitrogens with zero attached hydrogens (tertiary/aromatic N) is 1. The molecule has 0 aliphatic carbocycles. The molecule has 0 N–H and O–H groups in total. The van der Waals surface area contributed by atoms with Crippen molar-refractivity contribution in [2.45, 2.75) is 45.1 Å². The Hall–Kier alpha value is -1.16. The van der Waals surface area contributed by atoms with Gasteiger partial charge < -0.3 is 4.90 Å². The van der Waals surface area contributed by atoms with E-state index in [1.165, 1.54) is 11.3 Å². The van der Waals surface area contributed by atoms with E-state index >= 15 is 0 Å². The van der Waals surface area contributed by atoms with Crippen molar-refractivity contribution in [3.05, 3.63) is 22.4 Å². The van der Waals surface area contributed by atoms with Crippen molar-refractivity contribution in [3.8, 4) is 0 Å². The Morgan fingerprint density at radius 2 is 2.22 bits per heavy atom. The van der Waals surface area contributed by atoms with Crippen LogP contribution in [0.5, 0.6) is 0 Å². The molecule has 4 heteroatoms. The molecule has 1 atom stereocenters. The maximum Gasteiger partial charge on any atom is 0.254 e. The van der Waals surface area contributed by atoms with Gasteiger partial charge in [-0.2, -0.15) is 11.3 Å². The molecule has 0 bridgehead atoms. The predicted octanol–water partition coefficient (Wildman–Crippen LogP) is 3.11. The lowest BCUT2D eigenvalue weighted by atomic mass is 10.0. The number of Topliss-reactive ketones (excluding diaryl/α,β-unsaturated/α-hetero) is 1. The molecule has 1 unspecified atom stereocenters. The Balaban J connectivity index is 2.14. The molecule has 0 saturated carbocycles. The molecule has 0 radical (unpaired) electrons. The van der Waals surface area contributed by atoms with Crippen LogP contribution in [-0.4, -0.2) is 29.2 Å². The fraction of sp³-hybridized carbons (Fsp3) is 0.571. The second-order valence-corrected chi connectivity index (χ2v) is 5.70. The van der Waals surface area contributed by atoms with E-state index in [1.807, 2.05) is 21.7 Å². The van der Waals surface area contributed by atoms with Crippen molar-refractivity contribution in [2.24, 2.45) is 0 Å². The van der Waals surface area contributed by atoms with Gasteiger partial charge in [0.2, 0.25) is 0 Å². The zero-order valence-corrected chi connectivity index (χ0v) is 11.5. The normalized spacial score (nSPS) is 20.5. The van der Waals surface area contributed by atoms with Crippen LogP contribution in [0.4, 0.5) is 0 Å². The van der Waals surface area contributed by atoms with Crippen LogP contribution in [0.25, 0.3) is 0 Å². The average molecular weight is 265 g/mol. The van der Waals surface area contributed by atoms with Gasteiger partial charge >= 0.3 is 0 Å². The second kappa shape index (κ2) is 6.14. The number of ketones is 1. The Morgan fingerprint density at radius 3 is 2.89 bits per heavy atom. The number of rotatable bonds is 3. The van der Waals surface area contributed by atoms with Crippen LogP contribution in [0.1, 0.15) is 49.4 Å². The van der Waals surface area contributed by atoms with E-state index in [1.54, 1.807) is 6.92 Å². The zero-order chi connectivity index (χ0) is 13.0. The van der Waals surface area contributed by atoms with Crippen LogP contribution < -0.4 is 0 Å². The van der Waals surface area contributed by atoms with Crippen molar-refractivity contribution in [1.29, 1.82) is 0 Å². The van der Waals surface area contributed by atoms with Gasteiger partial charge in [0.05, 0.1) is 5.56 Å². The van der Waals surface area contributed by atoms with Crippen LogP contribution in [-0.2, 0) is 4.79 Å². The van der Waals surface area contributed by atoms with Gasteiger partial charge in [-0.1, -0.05) is 12.8 Å². The van der Waals surface area contributed by atoms with Crippen LogP contribution in [0.3, 0.4) is 0 Å². The summed E-state index contributed by atoms with van der Waals surface area (Å²) in [6, 6.07) is 1.96. The van der Waals surface area contributed by atoms with E-state index in [4.69, 9.17) is 0 Å². The Morgan fingerprint density at radius 1 is 1.39 bits per heavy atom. The quantitative estimate of drug-likeness (QED) is 0.842. The fourth-order valence-electron chi connectivity index (χ4n) is 2.54. The minimum absolute atomic E-state index is 0.0874. The summed E-state index contributed by atoms with van der Waals surface area (Å²) >= 11 is 1.54. The van der Waals surface area contributed by atoms with Crippen LogP contribution in [0.15, 0.2) is 16.8 Å². The van der Waals surface area contributed by atoms with Gasteiger partial charge in [0.15, 0.2) is 0 Å². The molecule has 0 spiro atoms. The topological polar surface area (TPSA) is 37.4 Å². The summed E-state index contributed by atoms with van der Waals surface area (Å²) < 4.78 is 0. The predicted molar refractivity (Wildman–Crippen MR) is 72.9 cm³/mol. The summed E-state index contributed by atoms with van der Waals surface area (Å²) in [7, 11) is 0. The molecule has 2 rings (SSSR count). The maximum atomic E-state index is 12.4. The van der Waals surface area contributed by atoms with Gasteiger partial charge in [-0.15, -0.1) is 0 Å². The van der Waals surface area contributed by atoms with Gasteiger partial charge in [0.25, 0.3) is 5.91 Å². The van der Waals surface area contributed by atoms with Gasteiger partial charge in [-0.25, -0.2) is 0 Å². The molecule has 1 saturated heterocycles. The van der Waals surface area contributed by atoms with Crippen molar-refractivity contribution in [1.82, 2.24) is 4.90 Å². The highest BCUT2D eigenvalue weighted by Crippen LogP contribution is 2.22. The smallest absolute Gasteiger partial charge is 0.254 e. The minimum Gasteiger partial charge on any atom is -0.335 e. The van der Waals surface area contributed by atoms with Crippen LogP contribution in [0, 0.1) is 0 Å². The number of likely N-dealkylation sites (tertiary alicyclic amines) is 1. The first-order chi connectivity index (χ1) is 8.68. The summed E-state index contributed by atoms with van der Waals surface area (Å²) in [5, 5.41) is 3.81. The first kappa shape index (κ1) is 13.3. The molecule has 0 aromatic carbocycles. The lowest BCUT2D eigenvalue weighted by molar-refractivity contribution is -0.118. The van der Waals surface area contributed by atoms with E-state index in [0.717, 1.165) is 37.8 Å². The standard InChI is InChI=1S/C14H19NO2S/c1-11(16)9-13-5-3-2-4-7-15(13)14(17)12-6-8-18-10-12/h6,8,10,13H,2-5,7,9H2,1H3. The number of carbonyl (C=O) groups excluding carboxylic acids is 2. The maximum absolute atomic E-state index is 12.4. The van der Waals surface area contributed by atoms with Gasteiger partial charge in [0.1, 0.15) is 5.78 Å². The average Bonchev–Trinajstić information content (AvgIpc) is 2.76. The molecule has 1 aliphatic heterocycles. The molecule has 3 nitrogen and oxygen atoms in total. The third kappa shape index (κ3) is 3.19. The van der Waals surface area contributed by atoms with Crippen molar-refractivity contribution >= 4 is 23.0 Å². The Kier molecular flexibility index (Phi) is 4.53. The van der Waals surface area contributed by atoms with E-state index < -0.39 is 0 Å². The summed E-state index contributed by atoms with van der Waals surface area (Å²) in [4.78, 5) is 25.7. The highest BCUT2D eigenvalue weighted by atomic mass is 32.1. The molecule has 18 heavy (non-hydrogen) atoms. The van der Waals surface area contributed by atoms with E-state index in [2.05, 4.69) is 0 Å². The van der Waals surface area contributed by atoms with Crippen molar-refractivity contribution < 1.29 is 9.59 Å². The molecule has 1 fully saturated rings. The van der Waals surface area contributed by atoms with E-state index in [-0.39, 0.29) is 17.7 Å². The molecule has 1 amide bonds. The molecular weight excluding hydrogens is 246 g/mol. The first-order valence-corrected chi connectivity index (χ1v) is 7.45. The fourth-order valence-corrected chi connectivity index (χ4v) is 3.17. The van der Waals surface area contributed by atoms with E-state index in [9.17, 15) is 9.59 Å². The molecule has 1 aromatic heterocycles. The zero-order valence-electron chi connectivity index (χ0n) is 10.7. The number of hydrogen-bond donors (Lipinski definition) is 0. The van der Waals surface area contributed by atoms with Gasteiger partial charge in [-0.3, -0.25) is 9.59 Å². The van der Waals surface area contributed by atoms with Crippen LogP contribution in [0.2, 0.25) is 0 Å². The van der Waals surface area contributed by atoms with Crippen LogP contribution >= 0.6 is 11.3 Å². The monoisotopic (exact) mass is 265 g/mol. The SMILES string of the molecule is CC(=O)CC1CCCCCN1C(=O)c1ccsc1. The largest absolute Gasteiger partial charge is 0.335 e. The second-order valence-electron chi connectivity index (χ2n) is 4.92. The Bertz CT molecular complexity index is 413. The van der Waals surface area contributed by atoms with Gasteiger partial charge in [-0.05, 0) is 31.2 Å². The summed E-state index contributed by atoms with van der Waals surface area (Å²) in [5.74, 6) is 0.259. The van der Waals surface area contributed by atoms with Crippen molar-refractivity contribution in [2.75, 3.05) is 6.54 Å². The first-order valence-electron chi connectivity index (χ1n) is 6.51. The lowest BCUT2D eigenvalue weighted by Crippen LogP contribution is -2.40. The molecular formula is C14H19NO2S. The van der Waals surface area contributed by atoms with Crippen molar-refractivity contribution in [3.63, 3.8) is 0 Å². The Labute approximate surface area is 112 Å². The minimum atomic E-state index is 0.0874. The molecule has 1 aliphatic rings. The number of hydrogen-bond acceptors (Lipinski definition) is 3. The summed E-state index contributed by atoms with van der Waals surface area (Å²) in [5.41, 5.74) is 0.760. The van der Waals surface area contributed by atoms with E-state index in [0.29, 0.717) is 6.42 Å². The summed E-state index contributed by atoms with van der Waals surface area (Å²) in [6.45, 7) is 2.39. The number of amides is 1. The summed E-state index contributed by atoms with van der Waals surface area (Å²) in [6.07, 6.45) is 4.77. The highest BCUT2D eigenvalue weighted by molar-refractivity contribution is 7.08. The lowest BCUT2D eigenvalue weighted by Gasteiger charge is -2.29. The van der Waals surface area contributed by atoms with Gasteiger partial charge in [0, 0.05) is 24.4 Å². The highest BCUT2D eigenvalue weighted by Gasteiger charge is 2.27. The molecule has 1 aromatic rings. The number of carbonyl (C=O) groups is 2. The number of thiophene rings is 1.